The predicted octanol–water partition coefficient (Wildman–Crippen LogP) is 2.32. The zero-order valence-electron chi connectivity index (χ0n) is 12.4. The van der Waals surface area contributed by atoms with E-state index >= 15 is 0 Å². The van der Waals surface area contributed by atoms with Gasteiger partial charge < -0.3 is 0 Å². The number of Topliss-reactive ketones (excluding diaryl/α,β-unsaturated/α-hetero) is 1. The predicted molar refractivity (Wildman–Crippen MR) is 77.8 cm³/mol. The highest BCUT2D eigenvalue weighted by molar-refractivity contribution is 6.05. The molecule has 1 saturated heterocycles. The second kappa shape index (κ2) is 5.63. The summed E-state index contributed by atoms with van der Waals surface area (Å²) in [4.78, 5) is 36.1. The van der Waals surface area contributed by atoms with Crippen LogP contribution >= 0.6 is 0 Å². The van der Waals surface area contributed by atoms with Crippen LogP contribution in [0.3, 0.4) is 0 Å². The molecule has 1 aromatic carbocycles. The topological polar surface area (TPSA) is 63.2 Å². The van der Waals surface area contributed by atoms with Crippen molar-refractivity contribution in [2.24, 2.45) is 11.8 Å². The maximum absolute atomic E-state index is 13.8. The first kappa shape index (κ1) is 14.9. The molecule has 5 heteroatoms. The van der Waals surface area contributed by atoms with Crippen LogP contribution < -0.4 is 5.32 Å². The minimum atomic E-state index is -0.486. The standard InChI is InChI=1S/C17H18FNO3/c1-9-7-10-3-2-4-11(16(21)13(10)8-14(9)18)12-5-6-15(20)19-17(12)22/h7-8,11-12H,2-6H2,1H3,(H,19,20,22). The van der Waals surface area contributed by atoms with E-state index in [2.05, 4.69) is 5.32 Å². The Labute approximate surface area is 128 Å². The molecule has 0 bridgehead atoms. The molecular formula is C17H18FNO3. The summed E-state index contributed by atoms with van der Waals surface area (Å²) in [6.45, 7) is 1.68. The number of hydrogen-bond donors (Lipinski definition) is 1. The first-order valence-corrected chi connectivity index (χ1v) is 7.64. The number of aryl methyl sites for hydroxylation is 2. The Morgan fingerprint density at radius 3 is 2.59 bits per heavy atom. The zero-order valence-corrected chi connectivity index (χ0v) is 12.4. The van der Waals surface area contributed by atoms with Gasteiger partial charge in [0.25, 0.3) is 0 Å². The van der Waals surface area contributed by atoms with Crippen molar-refractivity contribution in [1.29, 1.82) is 0 Å². The van der Waals surface area contributed by atoms with Crippen LogP contribution in [0.4, 0.5) is 4.39 Å². The Balaban J connectivity index is 1.94. The van der Waals surface area contributed by atoms with E-state index in [0.29, 0.717) is 30.4 Å². The first-order chi connectivity index (χ1) is 10.5. The molecule has 22 heavy (non-hydrogen) atoms. The molecule has 1 heterocycles. The number of benzene rings is 1. The number of carbonyl (C=O) groups is 3. The van der Waals surface area contributed by atoms with Crippen LogP contribution in [0.25, 0.3) is 0 Å². The molecule has 2 amide bonds. The number of halogens is 1. The van der Waals surface area contributed by atoms with Crippen molar-refractivity contribution in [3.05, 3.63) is 34.6 Å². The largest absolute Gasteiger partial charge is 0.296 e. The fourth-order valence-electron chi connectivity index (χ4n) is 3.50. The fraction of sp³-hybridized carbons (Fsp3) is 0.471. The summed E-state index contributed by atoms with van der Waals surface area (Å²) in [5, 5.41) is 2.31. The van der Waals surface area contributed by atoms with Crippen LogP contribution in [-0.4, -0.2) is 17.6 Å². The molecule has 2 aliphatic rings. The second-order valence-electron chi connectivity index (χ2n) is 6.18. The zero-order chi connectivity index (χ0) is 15.9. The van der Waals surface area contributed by atoms with Crippen molar-refractivity contribution < 1.29 is 18.8 Å². The molecular weight excluding hydrogens is 285 g/mol. The van der Waals surface area contributed by atoms with Gasteiger partial charge in [-0.3, -0.25) is 19.7 Å². The summed E-state index contributed by atoms with van der Waals surface area (Å²) >= 11 is 0. The van der Waals surface area contributed by atoms with Crippen molar-refractivity contribution in [2.45, 2.75) is 39.0 Å². The molecule has 1 aliphatic heterocycles. The Morgan fingerprint density at radius 1 is 1.09 bits per heavy atom. The molecule has 2 atom stereocenters. The van der Waals surface area contributed by atoms with Gasteiger partial charge in [-0.1, -0.05) is 6.07 Å². The Kier molecular flexibility index (Phi) is 3.81. The summed E-state index contributed by atoms with van der Waals surface area (Å²) in [5.74, 6) is -2.16. The molecule has 0 aromatic heterocycles. The van der Waals surface area contributed by atoms with E-state index in [4.69, 9.17) is 0 Å². The lowest BCUT2D eigenvalue weighted by molar-refractivity contribution is -0.137. The van der Waals surface area contributed by atoms with E-state index in [1.165, 1.54) is 6.07 Å². The van der Waals surface area contributed by atoms with E-state index in [-0.39, 0.29) is 24.0 Å². The SMILES string of the molecule is Cc1cc2c(cc1F)C(=O)C(C1CCC(=O)NC1=O)CCC2. The highest BCUT2D eigenvalue weighted by Gasteiger charge is 2.39. The van der Waals surface area contributed by atoms with Crippen LogP contribution in [0.1, 0.15) is 47.2 Å². The summed E-state index contributed by atoms with van der Waals surface area (Å²) in [7, 11) is 0. The number of fused-ring (bicyclic) bond motifs is 1. The van der Waals surface area contributed by atoms with Gasteiger partial charge in [-0.2, -0.15) is 0 Å². The minimum absolute atomic E-state index is 0.166. The number of rotatable bonds is 1. The number of piperidine rings is 1. The molecule has 1 aromatic rings. The lowest BCUT2D eigenvalue weighted by Crippen LogP contribution is -2.45. The number of hydrogen-bond acceptors (Lipinski definition) is 3. The molecule has 1 N–H and O–H groups in total. The van der Waals surface area contributed by atoms with Crippen LogP contribution in [-0.2, 0) is 16.0 Å². The number of nitrogens with one attached hydrogen (secondary N) is 1. The molecule has 1 aliphatic carbocycles. The molecule has 1 fully saturated rings. The number of imide groups is 1. The van der Waals surface area contributed by atoms with E-state index in [0.717, 1.165) is 12.0 Å². The van der Waals surface area contributed by atoms with Crippen LogP contribution in [0.5, 0.6) is 0 Å². The van der Waals surface area contributed by atoms with E-state index < -0.39 is 17.7 Å². The lowest BCUT2D eigenvalue weighted by atomic mass is 9.79. The smallest absolute Gasteiger partial charge is 0.230 e. The Bertz CT molecular complexity index is 668. The monoisotopic (exact) mass is 303 g/mol. The summed E-state index contributed by atoms with van der Waals surface area (Å²) in [6.07, 6.45) is 2.75. The third-order valence-electron chi connectivity index (χ3n) is 4.72. The van der Waals surface area contributed by atoms with Crippen molar-refractivity contribution in [3.63, 3.8) is 0 Å². The van der Waals surface area contributed by atoms with Crippen LogP contribution in [0, 0.1) is 24.6 Å². The molecule has 0 radical (unpaired) electrons. The van der Waals surface area contributed by atoms with Gasteiger partial charge in [0.15, 0.2) is 5.78 Å². The highest BCUT2D eigenvalue weighted by Crippen LogP contribution is 2.33. The van der Waals surface area contributed by atoms with E-state index in [1.54, 1.807) is 13.0 Å². The van der Waals surface area contributed by atoms with Crippen LogP contribution in [0.15, 0.2) is 12.1 Å². The van der Waals surface area contributed by atoms with Crippen molar-refractivity contribution >= 4 is 17.6 Å². The Morgan fingerprint density at radius 2 is 1.86 bits per heavy atom. The molecule has 2 unspecified atom stereocenters. The van der Waals surface area contributed by atoms with Gasteiger partial charge in [0, 0.05) is 23.8 Å². The van der Waals surface area contributed by atoms with Gasteiger partial charge in [0.1, 0.15) is 5.82 Å². The van der Waals surface area contributed by atoms with E-state index in [9.17, 15) is 18.8 Å². The van der Waals surface area contributed by atoms with Crippen LogP contribution in [0.2, 0.25) is 0 Å². The van der Waals surface area contributed by atoms with Gasteiger partial charge in [0.05, 0.1) is 0 Å². The quantitative estimate of drug-likeness (QED) is 0.639. The average Bonchev–Trinajstić information content (AvgIpc) is 2.61. The molecule has 116 valence electrons. The number of ketones is 1. The molecule has 3 rings (SSSR count). The van der Waals surface area contributed by atoms with Crippen molar-refractivity contribution in [2.75, 3.05) is 0 Å². The summed E-state index contributed by atoms with van der Waals surface area (Å²) in [6, 6.07) is 3.03. The average molecular weight is 303 g/mol. The first-order valence-electron chi connectivity index (χ1n) is 7.64. The molecule has 0 saturated carbocycles. The van der Waals surface area contributed by atoms with Gasteiger partial charge in [-0.15, -0.1) is 0 Å². The van der Waals surface area contributed by atoms with Gasteiger partial charge in [-0.25, -0.2) is 4.39 Å². The van der Waals surface area contributed by atoms with Crippen molar-refractivity contribution in [1.82, 2.24) is 5.32 Å². The van der Waals surface area contributed by atoms with Gasteiger partial charge in [0.2, 0.25) is 11.8 Å². The normalized spacial score (nSPS) is 25.5. The van der Waals surface area contributed by atoms with Gasteiger partial charge >= 0.3 is 0 Å². The van der Waals surface area contributed by atoms with Gasteiger partial charge in [-0.05, 0) is 49.8 Å². The molecule has 4 nitrogen and oxygen atoms in total. The highest BCUT2D eigenvalue weighted by atomic mass is 19.1. The van der Waals surface area contributed by atoms with Crippen molar-refractivity contribution in [3.8, 4) is 0 Å². The number of carbonyl (C=O) groups excluding carboxylic acids is 3. The Hall–Kier alpha value is -2.04. The molecule has 0 spiro atoms. The third kappa shape index (κ3) is 2.56. The number of amides is 2. The maximum Gasteiger partial charge on any atom is 0.230 e. The summed E-state index contributed by atoms with van der Waals surface area (Å²) in [5.41, 5.74) is 1.79. The maximum atomic E-state index is 13.8. The lowest BCUT2D eigenvalue weighted by Gasteiger charge is -2.27. The summed E-state index contributed by atoms with van der Waals surface area (Å²) < 4.78 is 13.8. The third-order valence-corrected chi connectivity index (χ3v) is 4.72. The fourth-order valence-corrected chi connectivity index (χ4v) is 3.50. The minimum Gasteiger partial charge on any atom is -0.296 e. The van der Waals surface area contributed by atoms with E-state index in [1.807, 2.05) is 0 Å². The second-order valence-corrected chi connectivity index (χ2v) is 6.18.